The van der Waals surface area contributed by atoms with Gasteiger partial charge >= 0.3 is 0 Å². The number of benzene rings is 2. The van der Waals surface area contributed by atoms with Crippen LogP contribution in [0, 0.1) is 5.92 Å². The average Bonchev–Trinajstić information content (AvgIpc) is 2.80. The van der Waals surface area contributed by atoms with Crippen molar-refractivity contribution in [1.29, 1.82) is 0 Å². The number of amides is 2. The molecule has 0 aliphatic carbocycles. The zero-order valence-corrected chi connectivity index (χ0v) is 16.6. The van der Waals surface area contributed by atoms with Gasteiger partial charge in [-0.15, -0.1) is 0 Å². The summed E-state index contributed by atoms with van der Waals surface area (Å²) in [6.45, 7) is 1.42. The Morgan fingerprint density at radius 1 is 1.00 bits per heavy atom. The minimum Gasteiger partial charge on any atom is -0.369 e. The summed E-state index contributed by atoms with van der Waals surface area (Å²) in [5, 5.41) is 2.93. The normalized spacial score (nSPS) is 16.1. The number of hydrogen-bond acceptors (Lipinski definition) is 4. The number of pyridine rings is 1. The van der Waals surface area contributed by atoms with Gasteiger partial charge in [-0.25, -0.2) is 4.98 Å². The lowest BCUT2D eigenvalue weighted by Crippen LogP contribution is -2.41. The third-order valence-electron chi connectivity index (χ3n) is 5.41. The van der Waals surface area contributed by atoms with Crippen LogP contribution in [0.2, 0.25) is 0 Å². The topological polar surface area (TPSA) is 88.3 Å². The fraction of sp³-hybridized carbons (Fsp3) is 0.208. The highest BCUT2D eigenvalue weighted by atomic mass is 16.2. The molecule has 2 heterocycles. The molecule has 3 aromatic rings. The van der Waals surface area contributed by atoms with Gasteiger partial charge < -0.3 is 16.0 Å². The van der Waals surface area contributed by atoms with Crippen LogP contribution in [0.4, 0.5) is 11.5 Å². The second-order valence-corrected chi connectivity index (χ2v) is 7.46. The summed E-state index contributed by atoms with van der Waals surface area (Å²) in [4.78, 5) is 31.0. The number of aromatic nitrogens is 1. The first-order chi connectivity index (χ1) is 14.6. The molecule has 3 N–H and O–H groups in total. The van der Waals surface area contributed by atoms with Crippen molar-refractivity contribution in [2.45, 2.75) is 12.8 Å². The van der Waals surface area contributed by atoms with E-state index in [1.165, 1.54) is 0 Å². The molecule has 1 aliphatic heterocycles. The third-order valence-corrected chi connectivity index (χ3v) is 5.41. The number of carbonyl (C=O) groups excluding carboxylic acids is 2. The van der Waals surface area contributed by atoms with Gasteiger partial charge in [0, 0.05) is 18.7 Å². The Morgan fingerprint density at radius 2 is 1.77 bits per heavy atom. The van der Waals surface area contributed by atoms with Crippen molar-refractivity contribution >= 4 is 23.3 Å². The van der Waals surface area contributed by atoms with E-state index < -0.39 is 0 Å². The molecule has 1 saturated heterocycles. The number of anilines is 2. The van der Waals surface area contributed by atoms with Crippen LogP contribution in [0.1, 0.15) is 23.2 Å². The lowest BCUT2D eigenvalue weighted by Gasteiger charge is -2.32. The highest BCUT2D eigenvalue weighted by Crippen LogP contribution is 2.25. The van der Waals surface area contributed by atoms with E-state index in [4.69, 9.17) is 5.73 Å². The predicted octanol–water partition coefficient (Wildman–Crippen LogP) is 3.70. The Hall–Kier alpha value is -3.67. The van der Waals surface area contributed by atoms with Gasteiger partial charge in [-0.05, 0) is 42.2 Å². The fourth-order valence-electron chi connectivity index (χ4n) is 3.81. The van der Waals surface area contributed by atoms with Crippen molar-refractivity contribution in [3.8, 4) is 11.1 Å². The standard InChI is InChI=1S/C24H24N4O2/c25-23(29)18-9-6-14-28(16-18)22-13-12-19(15-26-22)27-24(30)21-11-5-4-10-20(21)17-7-2-1-3-8-17/h1-5,7-8,10-13,15,18H,6,9,14,16H2,(H2,25,29)(H,27,30). The summed E-state index contributed by atoms with van der Waals surface area (Å²) in [5.41, 5.74) is 8.56. The summed E-state index contributed by atoms with van der Waals surface area (Å²) in [6.07, 6.45) is 3.37. The maximum absolute atomic E-state index is 12.9. The predicted molar refractivity (Wildman–Crippen MR) is 118 cm³/mol. The molecule has 2 amide bonds. The first-order valence-corrected chi connectivity index (χ1v) is 10.1. The van der Waals surface area contributed by atoms with Crippen molar-refractivity contribution in [3.05, 3.63) is 78.5 Å². The van der Waals surface area contributed by atoms with E-state index in [9.17, 15) is 9.59 Å². The molecular formula is C24H24N4O2. The molecule has 0 spiro atoms. The fourth-order valence-corrected chi connectivity index (χ4v) is 3.81. The van der Waals surface area contributed by atoms with E-state index in [1.807, 2.05) is 66.7 Å². The molecule has 6 heteroatoms. The van der Waals surface area contributed by atoms with E-state index >= 15 is 0 Å². The molecule has 1 aromatic heterocycles. The molecule has 0 saturated carbocycles. The smallest absolute Gasteiger partial charge is 0.256 e. The Bertz CT molecular complexity index is 1030. The van der Waals surface area contributed by atoms with Crippen LogP contribution in [0.5, 0.6) is 0 Å². The highest BCUT2D eigenvalue weighted by molar-refractivity contribution is 6.08. The minimum atomic E-state index is -0.263. The number of rotatable bonds is 5. The first kappa shape index (κ1) is 19.6. The van der Waals surface area contributed by atoms with Crippen LogP contribution in [-0.2, 0) is 4.79 Å². The van der Waals surface area contributed by atoms with Gasteiger partial charge in [-0.3, -0.25) is 9.59 Å². The van der Waals surface area contributed by atoms with Gasteiger partial charge in [0.05, 0.1) is 17.8 Å². The highest BCUT2D eigenvalue weighted by Gasteiger charge is 2.24. The van der Waals surface area contributed by atoms with Crippen LogP contribution in [0.25, 0.3) is 11.1 Å². The van der Waals surface area contributed by atoms with E-state index in [-0.39, 0.29) is 17.7 Å². The molecule has 30 heavy (non-hydrogen) atoms. The zero-order chi connectivity index (χ0) is 20.9. The van der Waals surface area contributed by atoms with Crippen molar-refractivity contribution in [2.75, 3.05) is 23.3 Å². The second kappa shape index (κ2) is 8.78. The number of carbonyl (C=O) groups is 2. The van der Waals surface area contributed by atoms with Crippen LogP contribution >= 0.6 is 0 Å². The van der Waals surface area contributed by atoms with Gasteiger partial charge in [0.25, 0.3) is 5.91 Å². The molecular weight excluding hydrogens is 376 g/mol. The lowest BCUT2D eigenvalue weighted by atomic mass is 9.97. The van der Waals surface area contributed by atoms with E-state index in [0.29, 0.717) is 17.8 Å². The zero-order valence-electron chi connectivity index (χ0n) is 16.6. The van der Waals surface area contributed by atoms with Crippen molar-refractivity contribution in [3.63, 3.8) is 0 Å². The molecule has 4 rings (SSSR count). The quantitative estimate of drug-likeness (QED) is 0.683. The van der Waals surface area contributed by atoms with Crippen LogP contribution < -0.4 is 16.0 Å². The number of hydrogen-bond donors (Lipinski definition) is 2. The summed E-state index contributed by atoms with van der Waals surface area (Å²) in [6, 6.07) is 21.1. The summed E-state index contributed by atoms with van der Waals surface area (Å²) in [5.74, 6) is 0.189. The molecule has 1 fully saturated rings. The van der Waals surface area contributed by atoms with Crippen LogP contribution in [-0.4, -0.2) is 29.9 Å². The van der Waals surface area contributed by atoms with Gasteiger partial charge in [-0.2, -0.15) is 0 Å². The van der Waals surface area contributed by atoms with Crippen LogP contribution in [0.15, 0.2) is 72.9 Å². The summed E-state index contributed by atoms with van der Waals surface area (Å²) < 4.78 is 0. The van der Waals surface area contributed by atoms with Gasteiger partial charge in [0.15, 0.2) is 0 Å². The van der Waals surface area contributed by atoms with Gasteiger partial charge in [0.1, 0.15) is 5.82 Å². The molecule has 0 radical (unpaired) electrons. The van der Waals surface area contributed by atoms with Crippen molar-refractivity contribution < 1.29 is 9.59 Å². The Labute approximate surface area is 175 Å². The maximum atomic E-state index is 12.9. The lowest BCUT2D eigenvalue weighted by molar-refractivity contribution is -0.122. The Morgan fingerprint density at radius 3 is 2.50 bits per heavy atom. The van der Waals surface area contributed by atoms with Crippen molar-refractivity contribution in [2.24, 2.45) is 11.7 Å². The number of nitrogens with one attached hydrogen (secondary N) is 1. The average molecular weight is 400 g/mol. The molecule has 1 aliphatic rings. The van der Waals surface area contributed by atoms with Crippen LogP contribution in [0.3, 0.4) is 0 Å². The largest absolute Gasteiger partial charge is 0.369 e. The monoisotopic (exact) mass is 400 g/mol. The van der Waals surface area contributed by atoms with E-state index in [1.54, 1.807) is 6.20 Å². The summed E-state index contributed by atoms with van der Waals surface area (Å²) in [7, 11) is 0. The molecule has 0 bridgehead atoms. The number of nitrogens with two attached hydrogens (primary N) is 1. The van der Waals surface area contributed by atoms with Gasteiger partial charge in [0.2, 0.25) is 5.91 Å². The van der Waals surface area contributed by atoms with Gasteiger partial charge in [-0.1, -0.05) is 48.5 Å². The maximum Gasteiger partial charge on any atom is 0.256 e. The SMILES string of the molecule is NC(=O)C1CCCN(c2ccc(NC(=O)c3ccccc3-c3ccccc3)cn2)C1. The number of nitrogens with zero attached hydrogens (tertiary/aromatic N) is 2. The number of primary amides is 1. The molecule has 6 nitrogen and oxygen atoms in total. The molecule has 2 aromatic carbocycles. The Balaban J connectivity index is 1.48. The molecule has 1 unspecified atom stereocenters. The Kier molecular flexibility index (Phi) is 5.75. The molecule has 152 valence electrons. The third kappa shape index (κ3) is 4.33. The first-order valence-electron chi connectivity index (χ1n) is 10.1. The van der Waals surface area contributed by atoms with E-state index in [2.05, 4.69) is 15.2 Å². The molecule has 1 atom stereocenters. The van der Waals surface area contributed by atoms with Crippen molar-refractivity contribution in [1.82, 2.24) is 4.98 Å². The second-order valence-electron chi connectivity index (χ2n) is 7.46. The number of piperidine rings is 1. The van der Waals surface area contributed by atoms with E-state index in [0.717, 1.165) is 36.3 Å². The minimum absolute atomic E-state index is 0.144. The summed E-state index contributed by atoms with van der Waals surface area (Å²) >= 11 is 0.